The number of carbonyl (C=O) groups is 3. The number of imide groups is 1. The molecule has 0 aromatic rings. The lowest BCUT2D eigenvalue weighted by Gasteiger charge is -2.22. The van der Waals surface area contributed by atoms with Crippen LogP contribution < -0.4 is 10.6 Å². The number of urea groups is 1. The van der Waals surface area contributed by atoms with Crippen LogP contribution in [0, 0.1) is 5.92 Å². The van der Waals surface area contributed by atoms with Gasteiger partial charge in [0.05, 0.1) is 13.0 Å². The molecule has 1 atom stereocenters. The van der Waals surface area contributed by atoms with E-state index in [1.54, 1.807) is 0 Å². The van der Waals surface area contributed by atoms with Crippen LogP contribution in [0.2, 0.25) is 0 Å². The van der Waals surface area contributed by atoms with Gasteiger partial charge in [-0.3, -0.25) is 19.8 Å². The molecule has 0 spiro atoms. The Morgan fingerprint density at radius 3 is 2.65 bits per heavy atom. The summed E-state index contributed by atoms with van der Waals surface area (Å²) in [7, 11) is 0. The normalized spacial score (nSPS) is 19.1. The number of carboxylic acids is 1. The van der Waals surface area contributed by atoms with Gasteiger partial charge in [-0.15, -0.1) is 0 Å². The van der Waals surface area contributed by atoms with Crippen molar-refractivity contribution in [1.29, 1.82) is 0 Å². The molecular weight excluding hydrogens is 262 g/mol. The van der Waals surface area contributed by atoms with Gasteiger partial charge in [-0.2, -0.15) is 0 Å². The molecule has 0 saturated carbocycles. The zero-order valence-corrected chi connectivity index (χ0v) is 12.0. The first-order chi connectivity index (χ1) is 9.38. The number of aliphatic carboxylic acids is 1. The van der Waals surface area contributed by atoms with Crippen molar-refractivity contribution in [1.82, 2.24) is 15.5 Å². The number of hydrogen-bond donors (Lipinski definition) is 3. The minimum absolute atomic E-state index is 0.0345. The Kier molecular flexibility index (Phi) is 6.44. The predicted octanol–water partition coefficient (Wildman–Crippen LogP) is 0.407. The van der Waals surface area contributed by atoms with Crippen molar-refractivity contribution in [2.24, 2.45) is 5.92 Å². The third-order valence-corrected chi connectivity index (χ3v) is 3.18. The van der Waals surface area contributed by atoms with E-state index in [2.05, 4.69) is 10.6 Å². The summed E-state index contributed by atoms with van der Waals surface area (Å²) in [6.07, 6.45) is 1.69. The molecule has 1 fully saturated rings. The third-order valence-electron chi connectivity index (χ3n) is 3.18. The average Bonchev–Trinajstić information content (AvgIpc) is 2.73. The van der Waals surface area contributed by atoms with Crippen molar-refractivity contribution >= 4 is 17.9 Å². The number of likely N-dealkylation sites (tertiary alicyclic amines) is 1. The quantitative estimate of drug-likeness (QED) is 0.656. The summed E-state index contributed by atoms with van der Waals surface area (Å²) in [5, 5.41) is 13.7. The standard InChI is InChI=1S/C13H23N3O4/c1-9(2)7-14-13(20)15-11(17)8-16-5-3-4-10(16)6-12(18)19/h9-10H,3-8H2,1-2H3,(H,18,19)(H2,14,15,17,20). The Balaban J connectivity index is 2.34. The molecule has 114 valence electrons. The minimum atomic E-state index is -0.864. The molecule has 1 rings (SSSR count). The summed E-state index contributed by atoms with van der Waals surface area (Å²) < 4.78 is 0. The number of nitrogens with one attached hydrogen (secondary N) is 2. The van der Waals surface area contributed by atoms with Crippen LogP contribution in [0.1, 0.15) is 33.1 Å². The Morgan fingerprint density at radius 1 is 1.35 bits per heavy atom. The van der Waals surface area contributed by atoms with Crippen molar-refractivity contribution in [3.05, 3.63) is 0 Å². The Morgan fingerprint density at radius 2 is 2.05 bits per heavy atom. The van der Waals surface area contributed by atoms with Crippen molar-refractivity contribution in [3.8, 4) is 0 Å². The third kappa shape index (κ3) is 6.01. The summed E-state index contributed by atoms with van der Waals surface area (Å²) >= 11 is 0. The zero-order valence-electron chi connectivity index (χ0n) is 12.0. The highest BCUT2D eigenvalue weighted by atomic mass is 16.4. The maximum absolute atomic E-state index is 11.7. The van der Waals surface area contributed by atoms with Crippen LogP contribution in [-0.4, -0.2) is 53.6 Å². The Labute approximate surface area is 118 Å². The van der Waals surface area contributed by atoms with Crippen LogP contribution in [0.25, 0.3) is 0 Å². The molecule has 3 amide bonds. The molecule has 0 aromatic carbocycles. The van der Waals surface area contributed by atoms with E-state index >= 15 is 0 Å². The molecule has 0 aliphatic carbocycles. The second kappa shape index (κ2) is 7.84. The number of carboxylic acid groups (broad SMARTS) is 1. The van der Waals surface area contributed by atoms with Gasteiger partial charge in [-0.1, -0.05) is 13.8 Å². The monoisotopic (exact) mass is 285 g/mol. The predicted molar refractivity (Wildman–Crippen MR) is 73.2 cm³/mol. The van der Waals surface area contributed by atoms with Crippen molar-refractivity contribution < 1.29 is 19.5 Å². The van der Waals surface area contributed by atoms with Gasteiger partial charge >= 0.3 is 12.0 Å². The summed E-state index contributed by atoms with van der Waals surface area (Å²) in [5.74, 6) is -0.949. The van der Waals surface area contributed by atoms with Crippen LogP contribution in [0.15, 0.2) is 0 Å². The maximum atomic E-state index is 11.7. The smallest absolute Gasteiger partial charge is 0.321 e. The highest BCUT2D eigenvalue weighted by Crippen LogP contribution is 2.19. The summed E-state index contributed by atoms with van der Waals surface area (Å²) in [6, 6.07) is -0.616. The molecule has 1 heterocycles. The number of nitrogens with zero attached hydrogens (tertiary/aromatic N) is 1. The van der Waals surface area contributed by atoms with Crippen LogP contribution in [-0.2, 0) is 9.59 Å². The molecule has 0 radical (unpaired) electrons. The molecule has 0 bridgehead atoms. The molecule has 7 heteroatoms. The van der Waals surface area contributed by atoms with Crippen LogP contribution in [0.5, 0.6) is 0 Å². The lowest BCUT2D eigenvalue weighted by atomic mass is 10.1. The molecule has 1 saturated heterocycles. The SMILES string of the molecule is CC(C)CNC(=O)NC(=O)CN1CCCC1CC(=O)O. The minimum Gasteiger partial charge on any atom is -0.481 e. The van der Waals surface area contributed by atoms with E-state index in [0.29, 0.717) is 19.0 Å². The molecule has 1 aliphatic heterocycles. The molecule has 20 heavy (non-hydrogen) atoms. The van der Waals surface area contributed by atoms with Gasteiger partial charge in [0.25, 0.3) is 0 Å². The molecule has 3 N–H and O–H groups in total. The second-order valence-corrected chi connectivity index (χ2v) is 5.52. The second-order valence-electron chi connectivity index (χ2n) is 5.52. The maximum Gasteiger partial charge on any atom is 0.321 e. The van der Waals surface area contributed by atoms with Gasteiger partial charge in [-0.25, -0.2) is 4.79 Å². The van der Waals surface area contributed by atoms with Gasteiger partial charge in [0.15, 0.2) is 0 Å². The zero-order chi connectivity index (χ0) is 15.1. The topological polar surface area (TPSA) is 98.7 Å². The molecule has 1 aliphatic rings. The largest absolute Gasteiger partial charge is 0.481 e. The van der Waals surface area contributed by atoms with E-state index in [0.717, 1.165) is 12.8 Å². The first kappa shape index (κ1) is 16.4. The van der Waals surface area contributed by atoms with E-state index in [1.165, 1.54) is 0 Å². The lowest BCUT2D eigenvalue weighted by Crippen LogP contribution is -2.46. The average molecular weight is 285 g/mol. The van der Waals surface area contributed by atoms with Crippen molar-refractivity contribution in [3.63, 3.8) is 0 Å². The summed E-state index contributed by atoms with van der Waals surface area (Å²) in [4.78, 5) is 35.7. The Hall–Kier alpha value is -1.63. The van der Waals surface area contributed by atoms with Crippen LogP contribution in [0.3, 0.4) is 0 Å². The highest BCUT2D eigenvalue weighted by molar-refractivity contribution is 5.95. The fourth-order valence-corrected chi connectivity index (χ4v) is 2.23. The summed E-state index contributed by atoms with van der Waals surface area (Å²) in [5.41, 5.74) is 0. The van der Waals surface area contributed by atoms with E-state index < -0.39 is 17.9 Å². The first-order valence-corrected chi connectivity index (χ1v) is 6.92. The molecule has 0 aromatic heterocycles. The van der Waals surface area contributed by atoms with E-state index in [4.69, 9.17) is 5.11 Å². The first-order valence-electron chi connectivity index (χ1n) is 6.92. The molecule has 1 unspecified atom stereocenters. The van der Waals surface area contributed by atoms with Gasteiger partial charge in [-0.05, 0) is 25.3 Å². The van der Waals surface area contributed by atoms with E-state index in [-0.39, 0.29) is 19.0 Å². The Bertz CT molecular complexity index is 371. The lowest BCUT2D eigenvalue weighted by molar-refractivity contribution is -0.138. The fraction of sp³-hybridized carbons (Fsp3) is 0.769. The number of rotatable bonds is 6. The van der Waals surface area contributed by atoms with Gasteiger partial charge in [0, 0.05) is 12.6 Å². The highest BCUT2D eigenvalue weighted by Gasteiger charge is 2.28. The number of hydrogen-bond acceptors (Lipinski definition) is 4. The van der Waals surface area contributed by atoms with Crippen molar-refractivity contribution in [2.75, 3.05) is 19.6 Å². The van der Waals surface area contributed by atoms with Gasteiger partial charge in [0.2, 0.25) is 5.91 Å². The fourth-order valence-electron chi connectivity index (χ4n) is 2.23. The van der Waals surface area contributed by atoms with E-state index in [1.807, 2.05) is 18.7 Å². The number of amides is 3. The van der Waals surface area contributed by atoms with Crippen LogP contribution >= 0.6 is 0 Å². The van der Waals surface area contributed by atoms with Crippen LogP contribution in [0.4, 0.5) is 4.79 Å². The van der Waals surface area contributed by atoms with E-state index in [9.17, 15) is 14.4 Å². The molecule has 7 nitrogen and oxygen atoms in total. The number of carbonyl (C=O) groups excluding carboxylic acids is 2. The van der Waals surface area contributed by atoms with Crippen molar-refractivity contribution in [2.45, 2.75) is 39.2 Å². The van der Waals surface area contributed by atoms with Gasteiger partial charge in [0.1, 0.15) is 0 Å². The molecular formula is C13H23N3O4. The summed E-state index contributed by atoms with van der Waals surface area (Å²) in [6.45, 7) is 5.18. The van der Waals surface area contributed by atoms with Gasteiger partial charge < -0.3 is 10.4 Å².